The maximum atomic E-state index is 11.9. The van der Waals surface area contributed by atoms with Gasteiger partial charge in [-0.2, -0.15) is 5.10 Å². The van der Waals surface area contributed by atoms with Gasteiger partial charge in [0, 0.05) is 10.6 Å². The molecule has 24 heavy (non-hydrogen) atoms. The molecular weight excluding hydrogens is 373 g/mol. The van der Waals surface area contributed by atoms with Crippen LogP contribution < -0.4 is 10.7 Å². The molecular formula is C16H12Cl3N3O2. The first-order valence-electron chi connectivity index (χ1n) is 6.76. The minimum atomic E-state index is -0.464. The van der Waals surface area contributed by atoms with Gasteiger partial charge in [-0.1, -0.05) is 46.9 Å². The highest BCUT2D eigenvalue weighted by Gasteiger charge is 2.09. The van der Waals surface area contributed by atoms with Gasteiger partial charge in [0.2, 0.25) is 0 Å². The summed E-state index contributed by atoms with van der Waals surface area (Å²) in [4.78, 5) is 23.5. The third-order valence-corrected chi connectivity index (χ3v) is 3.86. The monoisotopic (exact) mass is 383 g/mol. The number of carbonyl (C=O) groups excluding carboxylic acids is 2. The minimum Gasteiger partial charge on any atom is -0.343 e. The Morgan fingerprint density at radius 2 is 1.71 bits per heavy atom. The Morgan fingerprint density at radius 1 is 1.00 bits per heavy atom. The summed E-state index contributed by atoms with van der Waals surface area (Å²) in [6.07, 6.45) is 1.47. The Hall–Kier alpha value is -2.08. The second-order valence-corrected chi connectivity index (χ2v) is 5.91. The Labute approximate surface area is 153 Å². The smallest absolute Gasteiger partial charge is 0.259 e. The third kappa shape index (κ3) is 5.53. The summed E-state index contributed by atoms with van der Waals surface area (Å²) in [7, 11) is 0. The summed E-state index contributed by atoms with van der Waals surface area (Å²) in [5.41, 5.74) is 3.39. The Morgan fingerprint density at radius 3 is 2.38 bits per heavy atom. The number of nitrogens with one attached hydrogen (secondary N) is 2. The lowest BCUT2D eigenvalue weighted by Gasteiger charge is -2.05. The molecule has 8 heteroatoms. The molecule has 0 fully saturated rings. The molecule has 2 aromatic rings. The van der Waals surface area contributed by atoms with Crippen molar-refractivity contribution in [2.75, 3.05) is 6.54 Å². The summed E-state index contributed by atoms with van der Waals surface area (Å²) in [5, 5.41) is 7.47. The molecule has 0 atom stereocenters. The fraction of sp³-hybridized carbons (Fsp3) is 0.0625. The van der Waals surface area contributed by atoms with Crippen LogP contribution in [0.3, 0.4) is 0 Å². The molecule has 2 amide bonds. The largest absolute Gasteiger partial charge is 0.343 e. The van der Waals surface area contributed by atoms with Gasteiger partial charge in [-0.05, 0) is 35.9 Å². The summed E-state index contributed by atoms with van der Waals surface area (Å²) in [5.74, 6) is -0.904. The number of carbonyl (C=O) groups is 2. The lowest BCUT2D eigenvalue weighted by molar-refractivity contribution is -0.120. The number of hydrazone groups is 1. The highest BCUT2D eigenvalue weighted by molar-refractivity contribution is 6.42. The summed E-state index contributed by atoms with van der Waals surface area (Å²) in [6.45, 7) is -0.225. The van der Waals surface area contributed by atoms with Gasteiger partial charge in [-0.15, -0.1) is 0 Å². The first kappa shape index (κ1) is 18.3. The van der Waals surface area contributed by atoms with Crippen LogP contribution in [0.5, 0.6) is 0 Å². The van der Waals surface area contributed by atoms with Gasteiger partial charge < -0.3 is 5.32 Å². The first-order chi connectivity index (χ1) is 11.5. The second-order valence-electron chi connectivity index (χ2n) is 4.66. The normalized spacial score (nSPS) is 10.6. The second kappa shape index (κ2) is 8.68. The third-order valence-electron chi connectivity index (χ3n) is 2.86. The number of hydrogen-bond acceptors (Lipinski definition) is 3. The van der Waals surface area contributed by atoms with Crippen molar-refractivity contribution in [2.45, 2.75) is 0 Å². The van der Waals surface area contributed by atoms with E-state index in [2.05, 4.69) is 15.8 Å². The average Bonchev–Trinajstić information content (AvgIpc) is 2.57. The van der Waals surface area contributed by atoms with Crippen LogP contribution in [0.25, 0.3) is 0 Å². The number of amides is 2. The fourth-order valence-electron chi connectivity index (χ4n) is 1.67. The molecule has 0 unspecified atom stereocenters. The zero-order chi connectivity index (χ0) is 17.5. The van der Waals surface area contributed by atoms with Gasteiger partial charge in [0.15, 0.2) is 0 Å². The van der Waals surface area contributed by atoms with E-state index in [1.54, 1.807) is 24.3 Å². The maximum Gasteiger partial charge on any atom is 0.259 e. The van der Waals surface area contributed by atoms with Crippen LogP contribution in [0, 0.1) is 0 Å². The van der Waals surface area contributed by atoms with Crippen molar-refractivity contribution in [3.63, 3.8) is 0 Å². The van der Waals surface area contributed by atoms with Gasteiger partial charge >= 0.3 is 0 Å². The number of nitrogens with zero attached hydrogens (tertiary/aromatic N) is 1. The molecule has 0 saturated heterocycles. The minimum absolute atomic E-state index is 0.225. The SMILES string of the molecule is O=C(CNC(=O)c1ccc(Cl)c(Cl)c1)N/N=C/c1ccc(Cl)cc1. The van der Waals surface area contributed by atoms with Gasteiger partial charge in [0.05, 0.1) is 22.8 Å². The van der Waals surface area contributed by atoms with E-state index in [0.717, 1.165) is 5.56 Å². The van der Waals surface area contributed by atoms with Crippen molar-refractivity contribution in [3.05, 3.63) is 68.7 Å². The predicted octanol–water partition coefficient (Wildman–Crippen LogP) is 3.53. The summed E-state index contributed by atoms with van der Waals surface area (Å²) >= 11 is 17.4. The molecule has 0 aliphatic rings. The van der Waals surface area contributed by atoms with Crippen molar-refractivity contribution in [2.24, 2.45) is 5.10 Å². The van der Waals surface area contributed by atoms with E-state index in [1.165, 1.54) is 24.4 Å². The van der Waals surface area contributed by atoms with E-state index >= 15 is 0 Å². The van der Waals surface area contributed by atoms with Crippen LogP contribution in [0.2, 0.25) is 15.1 Å². The lowest BCUT2D eigenvalue weighted by Crippen LogP contribution is -2.34. The fourth-order valence-corrected chi connectivity index (χ4v) is 2.09. The Bertz CT molecular complexity index is 777. The molecule has 124 valence electrons. The van der Waals surface area contributed by atoms with Crippen molar-refractivity contribution in [3.8, 4) is 0 Å². The molecule has 0 aliphatic carbocycles. The molecule has 5 nitrogen and oxygen atoms in total. The maximum absolute atomic E-state index is 11.9. The Balaban J connectivity index is 1.81. The van der Waals surface area contributed by atoms with Crippen LogP contribution in [-0.4, -0.2) is 24.6 Å². The highest BCUT2D eigenvalue weighted by atomic mass is 35.5. The lowest BCUT2D eigenvalue weighted by atomic mass is 10.2. The van der Waals surface area contributed by atoms with Crippen LogP contribution in [-0.2, 0) is 4.79 Å². The van der Waals surface area contributed by atoms with Crippen LogP contribution in [0.15, 0.2) is 47.6 Å². The van der Waals surface area contributed by atoms with E-state index in [4.69, 9.17) is 34.8 Å². The summed E-state index contributed by atoms with van der Waals surface area (Å²) in [6, 6.07) is 11.4. The van der Waals surface area contributed by atoms with Crippen molar-refractivity contribution >= 4 is 52.8 Å². The highest BCUT2D eigenvalue weighted by Crippen LogP contribution is 2.22. The van der Waals surface area contributed by atoms with Crippen LogP contribution >= 0.6 is 34.8 Å². The molecule has 0 heterocycles. The molecule has 2 rings (SSSR count). The topological polar surface area (TPSA) is 70.6 Å². The van der Waals surface area contributed by atoms with Crippen molar-refractivity contribution < 1.29 is 9.59 Å². The van der Waals surface area contributed by atoms with E-state index in [-0.39, 0.29) is 11.6 Å². The average molecular weight is 385 g/mol. The zero-order valence-corrected chi connectivity index (χ0v) is 14.5. The first-order valence-corrected chi connectivity index (χ1v) is 7.90. The standard InChI is InChI=1S/C16H12Cl3N3O2/c17-12-4-1-10(2-5-12)8-21-22-15(23)9-20-16(24)11-3-6-13(18)14(19)7-11/h1-8H,9H2,(H,20,24)(H,22,23)/b21-8+. The van der Waals surface area contributed by atoms with E-state index < -0.39 is 11.8 Å². The molecule has 0 aromatic heterocycles. The number of benzene rings is 2. The zero-order valence-electron chi connectivity index (χ0n) is 12.2. The van der Waals surface area contributed by atoms with E-state index in [1.807, 2.05) is 0 Å². The van der Waals surface area contributed by atoms with E-state index in [0.29, 0.717) is 15.6 Å². The van der Waals surface area contributed by atoms with Gasteiger partial charge in [-0.3, -0.25) is 9.59 Å². The number of rotatable bonds is 5. The predicted molar refractivity (Wildman–Crippen MR) is 96.0 cm³/mol. The number of halogens is 3. The number of hydrogen-bond donors (Lipinski definition) is 2. The quantitative estimate of drug-likeness (QED) is 0.611. The van der Waals surface area contributed by atoms with Crippen LogP contribution in [0.4, 0.5) is 0 Å². The molecule has 0 bridgehead atoms. The van der Waals surface area contributed by atoms with Crippen LogP contribution in [0.1, 0.15) is 15.9 Å². The molecule has 0 spiro atoms. The Kier molecular flexibility index (Phi) is 6.61. The molecule has 2 N–H and O–H groups in total. The van der Waals surface area contributed by atoms with Gasteiger partial charge in [0.25, 0.3) is 11.8 Å². The molecule has 0 aliphatic heterocycles. The van der Waals surface area contributed by atoms with E-state index in [9.17, 15) is 9.59 Å². The summed E-state index contributed by atoms with van der Waals surface area (Å²) < 4.78 is 0. The van der Waals surface area contributed by atoms with Crippen molar-refractivity contribution in [1.29, 1.82) is 0 Å². The van der Waals surface area contributed by atoms with Gasteiger partial charge in [-0.25, -0.2) is 5.43 Å². The van der Waals surface area contributed by atoms with Gasteiger partial charge in [0.1, 0.15) is 0 Å². The van der Waals surface area contributed by atoms with Crippen molar-refractivity contribution in [1.82, 2.24) is 10.7 Å². The molecule has 2 aromatic carbocycles. The molecule has 0 radical (unpaired) electrons. The molecule has 0 saturated carbocycles.